The normalized spacial score (nSPS) is 10.3. The molecule has 0 bridgehead atoms. The smallest absolute Gasteiger partial charge is 0.251 e. The highest BCUT2D eigenvalue weighted by molar-refractivity contribution is 6.09. The summed E-state index contributed by atoms with van der Waals surface area (Å²) in [6.45, 7) is 0. The highest BCUT2D eigenvalue weighted by Crippen LogP contribution is 2.20. The van der Waals surface area contributed by atoms with Crippen LogP contribution in [0.2, 0.25) is 0 Å². The summed E-state index contributed by atoms with van der Waals surface area (Å²) in [5.74, 6) is -0.527. The summed E-state index contributed by atoms with van der Waals surface area (Å²) in [6, 6.07) is 7.24. The van der Waals surface area contributed by atoms with Gasteiger partial charge in [-0.15, -0.1) is 0 Å². The van der Waals surface area contributed by atoms with Gasteiger partial charge in [-0.05, 0) is 6.07 Å². The molecule has 0 spiro atoms. The maximum atomic E-state index is 11.2. The maximum absolute atomic E-state index is 11.2. The van der Waals surface area contributed by atoms with E-state index in [9.17, 15) is 4.79 Å². The first-order valence-electron chi connectivity index (χ1n) is 4.13. The van der Waals surface area contributed by atoms with E-state index in [4.69, 9.17) is 11.5 Å². The predicted octanol–water partition coefficient (Wildman–Crippen LogP) is 0.916. The molecule has 0 saturated carbocycles. The molecule has 0 aliphatic carbocycles. The van der Waals surface area contributed by atoms with Crippen LogP contribution in [0.15, 0.2) is 30.5 Å². The van der Waals surface area contributed by atoms with E-state index in [-0.39, 0.29) is 0 Å². The number of nitrogen functional groups attached to an aromatic ring is 1. The van der Waals surface area contributed by atoms with Gasteiger partial charge in [-0.25, -0.2) is 0 Å². The van der Waals surface area contributed by atoms with E-state index >= 15 is 0 Å². The molecular weight excluding hydrogens is 178 g/mol. The Balaban J connectivity index is 2.90. The zero-order valence-corrected chi connectivity index (χ0v) is 7.40. The van der Waals surface area contributed by atoms with Crippen molar-refractivity contribution in [3.8, 4) is 0 Å². The predicted molar refractivity (Wildman–Crippen MR) is 54.7 cm³/mol. The molecule has 4 N–H and O–H groups in total. The first-order valence-corrected chi connectivity index (χ1v) is 4.13. The SMILES string of the molecule is NC(=O)c1c(N)cnc2ccccc12. The molecule has 0 atom stereocenters. The number of rotatable bonds is 1. The molecule has 0 saturated heterocycles. The second-order valence-corrected chi connectivity index (χ2v) is 2.97. The van der Waals surface area contributed by atoms with Gasteiger partial charge in [-0.1, -0.05) is 18.2 Å². The van der Waals surface area contributed by atoms with Crippen LogP contribution in [-0.2, 0) is 0 Å². The zero-order valence-electron chi connectivity index (χ0n) is 7.40. The molecule has 4 nitrogen and oxygen atoms in total. The fourth-order valence-electron chi connectivity index (χ4n) is 1.43. The molecule has 1 aromatic heterocycles. The number of nitrogens with two attached hydrogens (primary N) is 2. The number of fused-ring (bicyclic) bond motifs is 1. The Hall–Kier alpha value is -2.10. The monoisotopic (exact) mass is 187 g/mol. The lowest BCUT2D eigenvalue weighted by atomic mass is 10.1. The number of hydrogen-bond donors (Lipinski definition) is 2. The van der Waals surface area contributed by atoms with Crippen molar-refractivity contribution in [2.45, 2.75) is 0 Å². The van der Waals surface area contributed by atoms with Gasteiger partial charge in [0.2, 0.25) is 0 Å². The van der Waals surface area contributed by atoms with Gasteiger partial charge in [0.15, 0.2) is 0 Å². The second-order valence-electron chi connectivity index (χ2n) is 2.97. The third-order valence-electron chi connectivity index (χ3n) is 2.05. The van der Waals surface area contributed by atoms with E-state index in [1.165, 1.54) is 6.20 Å². The van der Waals surface area contributed by atoms with Gasteiger partial charge >= 0.3 is 0 Å². The standard InChI is InChI=1S/C10H9N3O/c11-7-5-13-8-4-2-1-3-6(8)9(7)10(12)14/h1-5H,11H2,(H2,12,14). The average Bonchev–Trinajstić information content (AvgIpc) is 2.17. The van der Waals surface area contributed by atoms with Gasteiger partial charge in [-0.3, -0.25) is 9.78 Å². The van der Waals surface area contributed by atoms with E-state index in [2.05, 4.69) is 4.98 Å². The topological polar surface area (TPSA) is 82.0 Å². The third kappa shape index (κ3) is 1.17. The van der Waals surface area contributed by atoms with Crippen LogP contribution in [0.4, 0.5) is 5.69 Å². The molecule has 2 aromatic rings. The summed E-state index contributed by atoms with van der Waals surface area (Å²) in [7, 11) is 0. The van der Waals surface area contributed by atoms with Crippen LogP contribution in [0.3, 0.4) is 0 Å². The molecule has 1 heterocycles. The highest BCUT2D eigenvalue weighted by atomic mass is 16.1. The number of carbonyl (C=O) groups is 1. The molecule has 0 fully saturated rings. The van der Waals surface area contributed by atoms with Crippen LogP contribution in [-0.4, -0.2) is 10.9 Å². The van der Waals surface area contributed by atoms with E-state index in [0.717, 1.165) is 5.52 Å². The summed E-state index contributed by atoms with van der Waals surface area (Å²) in [4.78, 5) is 15.2. The van der Waals surface area contributed by atoms with Gasteiger partial charge in [0.25, 0.3) is 5.91 Å². The number of aromatic nitrogens is 1. The molecule has 0 unspecified atom stereocenters. The summed E-state index contributed by atoms with van der Waals surface area (Å²) in [5, 5.41) is 0.694. The quantitative estimate of drug-likeness (QED) is 0.696. The molecule has 1 amide bonds. The summed E-state index contributed by atoms with van der Waals surface area (Å²) in [6.07, 6.45) is 1.45. The first-order chi connectivity index (χ1) is 6.70. The number of nitrogens with zero attached hydrogens (tertiary/aromatic N) is 1. The van der Waals surface area contributed by atoms with Gasteiger partial charge < -0.3 is 11.5 Å². The number of pyridine rings is 1. The number of para-hydroxylation sites is 1. The van der Waals surface area contributed by atoms with Crippen LogP contribution in [0.1, 0.15) is 10.4 Å². The number of primary amides is 1. The Bertz CT molecular complexity index is 508. The molecule has 70 valence electrons. The molecule has 0 radical (unpaired) electrons. The molecule has 0 aliphatic rings. The minimum Gasteiger partial charge on any atom is -0.397 e. The van der Waals surface area contributed by atoms with Crippen LogP contribution >= 0.6 is 0 Å². The minimum absolute atomic E-state index is 0.316. The summed E-state index contributed by atoms with van der Waals surface area (Å²) < 4.78 is 0. The fourth-order valence-corrected chi connectivity index (χ4v) is 1.43. The number of amides is 1. The highest BCUT2D eigenvalue weighted by Gasteiger charge is 2.10. The fraction of sp³-hybridized carbons (Fsp3) is 0. The van der Waals surface area contributed by atoms with Crippen molar-refractivity contribution in [2.75, 3.05) is 5.73 Å². The van der Waals surface area contributed by atoms with Crippen molar-refractivity contribution in [3.05, 3.63) is 36.0 Å². The van der Waals surface area contributed by atoms with Gasteiger partial charge in [0.05, 0.1) is 23.0 Å². The first kappa shape index (κ1) is 8.50. The van der Waals surface area contributed by atoms with Crippen molar-refractivity contribution in [1.82, 2.24) is 4.98 Å². The van der Waals surface area contributed by atoms with E-state index < -0.39 is 5.91 Å². The van der Waals surface area contributed by atoms with E-state index in [1.54, 1.807) is 12.1 Å². The lowest BCUT2D eigenvalue weighted by molar-refractivity contribution is 0.100. The van der Waals surface area contributed by atoms with Crippen molar-refractivity contribution in [2.24, 2.45) is 5.73 Å². The number of benzene rings is 1. The maximum Gasteiger partial charge on any atom is 0.251 e. The summed E-state index contributed by atoms with van der Waals surface area (Å²) >= 11 is 0. The van der Waals surface area contributed by atoms with Crippen molar-refractivity contribution < 1.29 is 4.79 Å². The molecule has 0 aliphatic heterocycles. The summed E-state index contributed by atoms with van der Waals surface area (Å²) in [5.41, 5.74) is 12.2. The lowest BCUT2D eigenvalue weighted by Crippen LogP contribution is -2.14. The largest absolute Gasteiger partial charge is 0.397 e. The lowest BCUT2D eigenvalue weighted by Gasteiger charge is -2.04. The van der Waals surface area contributed by atoms with Crippen molar-refractivity contribution in [3.63, 3.8) is 0 Å². The van der Waals surface area contributed by atoms with Crippen molar-refractivity contribution >= 4 is 22.5 Å². The van der Waals surface area contributed by atoms with Crippen molar-refractivity contribution in [1.29, 1.82) is 0 Å². The molecular formula is C10H9N3O. The van der Waals surface area contributed by atoms with Gasteiger partial charge in [-0.2, -0.15) is 0 Å². The zero-order chi connectivity index (χ0) is 10.1. The second kappa shape index (κ2) is 2.99. The van der Waals surface area contributed by atoms with E-state index in [0.29, 0.717) is 16.6 Å². The number of anilines is 1. The average molecular weight is 187 g/mol. The minimum atomic E-state index is -0.527. The van der Waals surface area contributed by atoms with Crippen LogP contribution in [0, 0.1) is 0 Å². The van der Waals surface area contributed by atoms with E-state index in [1.807, 2.05) is 12.1 Å². The number of hydrogen-bond acceptors (Lipinski definition) is 3. The van der Waals surface area contributed by atoms with Crippen LogP contribution < -0.4 is 11.5 Å². The third-order valence-corrected chi connectivity index (χ3v) is 2.05. The molecule has 4 heteroatoms. The Labute approximate surface area is 80.5 Å². The van der Waals surface area contributed by atoms with Gasteiger partial charge in [0, 0.05) is 5.39 Å². The Morgan fingerprint density at radius 3 is 2.71 bits per heavy atom. The van der Waals surface area contributed by atoms with Crippen LogP contribution in [0.25, 0.3) is 10.9 Å². The Kier molecular flexibility index (Phi) is 1.81. The Morgan fingerprint density at radius 2 is 2.00 bits per heavy atom. The number of carbonyl (C=O) groups excluding carboxylic acids is 1. The Morgan fingerprint density at radius 1 is 1.29 bits per heavy atom. The van der Waals surface area contributed by atoms with Crippen LogP contribution in [0.5, 0.6) is 0 Å². The molecule has 1 aromatic carbocycles. The molecule has 2 rings (SSSR count). The molecule has 14 heavy (non-hydrogen) atoms. The van der Waals surface area contributed by atoms with Gasteiger partial charge in [0.1, 0.15) is 0 Å².